The number of carbonyl (C=O) groups excluding carboxylic acids is 1. The molecule has 28 heavy (non-hydrogen) atoms. The molecule has 3 rings (SSSR count). The minimum Gasteiger partial charge on any atom is -0.467 e. The molecule has 2 heterocycles. The first kappa shape index (κ1) is 20.2. The van der Waals surface area contributed by atoms with Crippen LogP contribution in [-0.2, 0) is 25.5 Å². The van der Waals surface area contributed by atoms with Gasteiger partial charge < -0.3 is 9.64 Å². The molecule has 1 saturated heterocycles. The zero-order chi connectivity index (χ0) is 20.7. The molecule has 2 atom stereocenters. The van der Waals surface area contributed by atoms with Crippen LogP contribution >= 0.6 is 0 Å². The molecule has 11 heteroatoms. The van der Waals surface area contributed by atoms with Crippen LogP contribution in [0.4, 0.5) is 19.0 Å². The number of rotatable bonds is 4. The quantitative estimate of drug-likeness (QED) is 0.768. The predicted molar refractivity (Wildman–Crippen MR) is 93.5 cm³/mol. The largest absolute Gasteiger partial charge is 0.467 e. The summed E-state index contributed by atoms with van der Waals surface area (Å²) in [4.78, 5) is 12.8. The van der Waals surface area contributed by atoms with Crippen LogP contribution in [-0.4, -0.2) is 49.5 Å². The van der Waals surface area contributed by atoms with Crippen LogP contribution in [0.2, 0.25) is 0 Å². The Morgan fingerprint density at radius 3 is 2.57 bits per heavy atom. The van der Waals surface area contributed by atoms with Crippen molar-refractivity contribution in [3.8, 4) is 0 Å². The molecule has 1 N–H and O–H groups in total. The van der Waals surface area contributed by atoms with E-state index in [4.69, 9.17) is 4.74 Å². The van der Waals surface area contributed by atoms with Crippen molar-refractivity contribution in [1.82, 2.24) is 10.2 Å². The fraction of sp³-hybridized carbons (Fsp3) is 0.412. The highest BCUT2D eigenvalue weighted by Gasteiger charge is 2.47. The van der Waals surface area contributed by atoms with Gasteiger partial charge in [-0.25, -0.2) is 13.2 Å². The second-order valence-corrected chi connectivity index (χ2v) is 8.69. The van der Waals surface area contributed by atoms with Crippen LogP contribution in [0, 0.1) is 6.92 Å². The Morgan fingerprint density at radius 1 is 1.32 bits per heavy atom. The smallest absolute Gasteiger partial charge is 0.417 e. The fourth-order valence-corrected chi connectivity index (χ4v) is 5.22. The molecule has 0 saturated carbocycles. The highest BCUT2D eigenvalue weighted by Crippen LogP contribution is 2.38. The zero-order valence-electron chi connectivity index (χ0n) is 15.0. The summed E-state index contributed by atoms with van der Waals surface area (Å²) in [6, 6.07) is 4.69. The normalized spacial score (nSPS) is 20.4. The first-order valence-corrected chi connectivity index (χ1v) is 9.87. The van der Waals surface area contributed by atoms with Crippen molar-refractivity contribution in [2.45, 2.75) is 35.7 Å². The third-order valence-electron chi connectivity index (χ3n) is 4.66. The number of carbonyl (C=O) groups is 1. The molecule has 1 unspecified atom stereocenters. The van der Waals surface area contributed by atoms with Crippen molar-refractivity contribution >= 4 is 21.6 Å². The number of hydrogen-bond acceptors (Lipinski definition) is 6. The number of nitrogens with zero attached hydrogens (tertiary/aromatic N) is 2. The lowest BCUT2D eigenvalue weighted by Gasteiger charge is -2.21. The van der Waals surface area contributed by atoms with E-state index in [1.165, 1.54) is 11.0 Å². The third kappa shape index (κ3) is 3.58. The molecule has 1 aliphatic heterocycles. The summed E-state index contributed by atoms with van der Waals surface area (Å²) in [6.45, 7) is 1.55. The summed E-state index contributed by atoms with van der Waals surface area (Å²) >= 11 is 0. The molecule has 7 nitrogen and oxygen atoms in total. The van der Waals surface area contributed by atoms with E-state index in [0.29, 0.717) is 11.5 Å². The van der Waals surface area contributed by atoms with Crippen molar-refractivity contribution in [2.75, 3.05) is 18.6 Å². The first-order valence-electron chi connectivity index (χ1n) is 8.32. The monoisotopic (exact) mass is 417 g/mol. The SMILES string of the molecule is COC(=O)C1C[C@@H](S(=O)(=O)c2ccccc2C(F)(F)F)CN1c1cc(C)[nH]n1. The molecule has 0 bridgehead atoms. The summed E-state index contributed by atoms with van der Waals surface area (Å²) in [7, 11) is -3.20. The number of aromatic nitrogens is 2. The number of hydrogen-bond donors (Lipinski definition) is 1. The average Bonchev–Trinajstić information content (AvgIpc) is 3.27. The van der Waals surface area contributed by atoms with Gasteiger partial charge in [-0.2, -0.15) is 18.3 Å². The van der Waals surface area contributed by atoms with Crippen LogP contribution in [0.3, 0.4) is 0 Å². The molecule has 1 aromatic heterocycles. The Balaban J connectivity index is 2.01. The number of nitrogens with one attached hydrogen (secondary N) is 1. The Bertz CT molecular complexity index is 988. The number of H-pyrrole nitrogens is 1. The predicted octanol–water partition coefficient (Wildman–Crippen LogP) is 2.33. The Morgan fingerprint density at radius 2 is 2.00 bits per heavy atom. The number of ether oxygens (including phenoxy) is 1. The van der Waals surface area contributed by atoms with Gasteiger partial charge in [0.1, 0.15) is 6.04 Å². The number of aryl methyl sites for hydroxylation is 1. The zero-order valence-corrected chi connectivity index (χ0v) is 15.8. The van der Waals surface area contributed by atoms with E-state index in [2.05, 4.69) is 10.2 Å². The maximum atomic E-state index is 13.3. The van der Waals surface area contributed by atoms with Crippen LogP contribution in [0.5, 0.6) is 0 Å². The van der Waals surface area contributed by atoms with E-state index in [-0.39, 0.29) is 13.0 Å². The average molecular weight is 417 g/mol. The minimum atomic E-state index is -4.82. The maximum Gasteiger partial charge on any atom is 0.417 e. The highest BCUT2D eigenvalue weighted by atomic mass is 32.2. The van der Waals surface area contributed by atoms with Crippen LogP contribution in [0.25, 0.3) is 0 Å². The standard InChI is InChI=1S/C17H18F3N3O4S/c1-10-7-15(22-21-10)23-9-11(8-13(23)16(24)27-2)28(25,26)14-6-4-3-5-12(14)17(18,19)20/h3-7,11,13H,8-9H2,1-2H3,(H,21,22)/t11-,13?/m1/s1. The molecule has 0 radical (unpaired) electrons. The second kappa shape index (κ2) is 7.12. The van der Waals surface area contributed by atoms with E-state index < -0.39 is 43.7 Å². The first-order chi connectivity index (χ1) is 13.1. The van der Waals surface area contributed by atoms with Gasteiger partial charge in [0, 0.05) is 18.3 Å². The number of methoxy groups -OCH3 is 1. The van der Waals surface area contributed by atoms with Crippen molar-refractivity contribution in [2.24, 2.45) is 0 Å². The minimum absolute atomic E-state index is 0.182. The van der Waals surface area contributed by atoms with Gasteiger partial charge in [0.15, 0.2) is 15.7 Å². The van der Waals surface area contributed by atoms with E-state index >= 15 is 0 Å². The van der Waals surface area contributed by atoms with E-state index in [0.717, 1.165) is 25.3 Å². The van der Waals surface area contributed by atoms with Crippen molar-refractivity contribution in [3.05, 3.63) is 41.6 Å². The number of anilines is 1. The molecule has 1 aromatic carbocycles. The molecule has 2 aromatic rings. The lowest BCUT2D eigenvalue weighted by Crippen LogP contribution is -2.37. The number of alkyl halides is 3. The van der Waals surface area contributed by atoms with Gasteiger partial charge in [0.25, 0.3) is 0 Å². The van der Waals surface area contributed by atoms with Gasteiger partial charge in [-0.15, -0.1) is 0 Å². The summed E-state index contributed by atoms with van der Waals surface area (Å²) in [6.07, 6.45) is -5.02. The van der Waals surface area contributed by atoms with Gasteiger partial charge in [0.2, 0.25) is 0 Å². The Hall–Kier alpha value is -2.56. The maximum absolute atomic E-state index is 13.3. The number of esters is 1. The molecule has 0 aliphatic carbocycles. The lowest BCUT2D eigenvalue weighted by molar-refractivity contribution is -0.142. The van der Waals surface area contributed by atoms with Crippen molar-refractivity contribution < 1.29 is 31.1 Å². The van der Waals surface area contributed by atoms with Crippen molar-refractivity contribution in [3.63, 3.8) is 0 Å². The number of halogens is 3. The third-order valence-corrected chi connectivity index (χ3v) is 6.85. The van der Waals surface area contributed by atoms with Gasteiger partial charge in [-0.1, -0.05) is 12.1 Å². The molecule has 152 valence electrons. The summed E-state index contributed by atoms with van der Waals surface area (Å²) in [5, 5.41) is 5.50. The van der Waals surface area contributed by atoms with Gasteiger partial charge in [0.05, 0.1) is 22.8 Å². The molecule has 1 aliphatic rings. The summed E-state index contributed by atoms with van der Waals surface area (Å²) in [5.74, 6) is -0.350. The van der Waals surface area contributed by atoms with Crippen LogP contribution in [0.15, 0.2) is 35.2 Å². The number of aromatic amines is 1. The van der Waals surface area contributed by atoms with E-state index in [1.54, 1.807) is 13.0 Å². The fourth-order valence-electron chi connectivity index (χ4n) is 3.31. The number of benzene rings is 1. The van der Waals surface area contributed by atoms with E-state index in [1.807, 2.05) is 0 Å². The molecular weight excluding hydrogens is 399 g/mol. The van der Waals surface area contributed by atoms with E-state index in [9.17, 15) is 26.4 Å². The highest BCUT2D eigenvalue weighted by molar-refractivity contribution is 7.92. The topological polar surface area (TPSA) is 92.4 Å². The Labute approximate surface area is 159 Å². The molecule has 1 fully saturated rings. The van der Waals surface area contributed by atoms with Gasteiger partial charge >= 0.3 is 12.1 Å². The molecular formula is C17H18F3N3O4S. The number of sulfone groups is 1. The van der Waals surface area contributed by atoms with Gasteiger partial charge in [-0.3, -0.25) is 5.10 Å². The summed E-state index contributed by atoms with van der Waals surface area (Å²) < 4.78 is 70.7. The van der Waals surface area contributed by atoms with Crippen LogP contribution < -0.4 is 4.90 Å². The van der Waals surface area contributed by atoms with Gasteiger partial charge in [-0.05, 0) is 25.5 Å². The summed E-state index contributed by atoms with van der Waals surface area (Å²) in [5.41, 5.74) is -0.536. The van der Waals surface area contributed by atoms with Crippen LogP contribution in [0.1, 0.15) is 17.7 Å². The molecule has 0 spiro atoms. The lowest BCUT2D eigenvalue weighted by atomic mass is 10.2. The Kier molecular flexibility index (Phi) is 5.13. The second-order valence-electron chi connectivity index (χ2n) is 6.50. The van der Waals surface area contributed by atoms with Crippen molar-refractivity contribution in [1.29, 1.82) is 0 Å². The molecule has 0 amide bonds.